The van der Waals surface area contributed by atoms with Crippen molar-refractivity contribution in [3.63, 3.8) is 0 Å². The predicted molar refractivity (Wildman–Crippen MR) is 62.0 cm³/mol. The number of hydrogen-bond donors (Lipinski definition) is 2. The first kappa shape index (κ1) is 13.6. The van der Waals surface area contributed by atoms with E-state index >= 15 is 0 Å². The summed E-state index contributed by atoms with van der Waals surface area (Å²) in [7, 11) is -3.60. The normalized spacial score (nSPS) is 11.4. The number of nitro benzene ring substituents is 1. The molecule has 0 amide bonds. The molecule has 0 spiro atoms. The molecule has 1 aromatic carbocycles. The Kier molecular flexibility index (Phi) is 4.55. The fourth-order valence-corrected chi connectivity index (χ4v) is 2.21. The molecule has 0 fully saturated rings. The molecule has 8 heteroatoms. The molecule has 0 aliphatic rings. The van der Waals surface area contributed by atoms with E-state index in [0.717, 1.165) is 12.1 Å². The Hall–Kier alpha value is -1.51. The number of rotatable bonds is 6. The average Bonchev–Trinajstić information content (AvgIpc) is 2.29. The largest absolute Gasteiger partial charge is 0.330 e. The first-order chi connectivity index (χ1) is 7.97. The van der Waals surface area contributed by atoms with Gasteiger partial charge in [-0.25, -0.2) is 13.1 Å². The SMILES string of the molecule is NCCCNS(=O)(=O)c1ccc([N+](=O)[O-])cc1. The van der Waals surface area contributed by atoms with Crippen LogP contribution in [0, 0.1) is 10.1 Å². The molecule has 0 saturated carbocycles. The Morgan fingerprint density at radius 2 is 1.88 bits per heavy atom. The molecule has 7 nitrogen and oxygen atoms in total. The Morgan fingerprint density at radius 1 is 1.29 bits per heavy atom. The van der Waals surface area contributed by atoms with E-state index in [2.05, 4.69) is 4.72 Å². The van der Waals surface area contributed by atoms with E-state index in [-0.39, 0.29) is 17.1 Å². The maximum absolute atomic E-state index is 11.7. The fraction of sp³-hybridized carbons (Fsp3) is 0.333. The summed E-state index contributed by atoms with van der Waals surface area (Å²) in [5.41, 5.74) is 5.09. The highest BCUT2D eigenvalue weighted by molar-refractivity contribution is 7.89. The van der Waals surface area contributed by atoms with Gasteiger partial charge in [0.2, 0.25) is 10.0 Å². The van der Waals surface area contributed by atoms with Gasteiger partial charge in [-0.2, -0.15) is 0 Å². The van der Waals surface area contributed by atoms with Crippen LogP contribution in [0.15, 0.2) is 29.2 Å². The van der Waals surface area contributed by atoms with Crippen molar-refractivity contribution >= 4 is 15.7 Å². The number of nitrogens with two attached hydrogens (primary N) is 1. The third-order valence-electron chi connectivity index (χ3n) is 2.03. The molecular formula is C9H13N3O4S. The van der Waals surface area contributed by atoms with E-state index in [1.54, 1.807) is 0 Å². The third-order valence-corrected chi connectivity index (χ3v) is 3.51. The van der Waals surface area contributed by atoms with Gasteiger partial charge in [0.05, 0.1) is 9.82 Å². The molecule has 0 heterocycles. The summed E-state index contributed by atoms with van der Waals surface area (Å²) in [5.74, 6) is 0. The van der Waals surface area contributed by atoms with E-state index in [1.807, 2.05) is 0 Å². The lowest BCUT2D eigenvalue weighted by atomic mass is 10.3. The highest BCUT2D eigenvalue weighted by atomic mass is 32.2. The minimum atomic E-state index is -3.60. The maximum Gasteiger partial charge on any atom is 0.269 e. The fourth-order valence-electron chi connectivity index (χ4n) is 1.14. The van der Waals surface area contributed by atoms with Crippen molar-refractivity contribution < 1.29 is 13.3 Å². The average molecular weight is 259 g/mol. The van der Waals surface area contributed by atoms with Gasteiger partial charge in [0, 0.05) is 18.7 Å². The molecule has 0 atom stereocenters. The molecule has 0 aliphatic carbocycles. The molecule has 3 N–H and O–H groups in total. The minimum absolute atomic E-state index is 0.000112. The zero-order chi connectivity index (χ0) is 12.9. The lowest BCUT2D eigenvalue weighted by molar-refractivity contribution is -0.384. The van der Waals surface area contributed by atoms with Gasteiger partial charge in [-0.15, -0.1) is 0 Å². The van der Waals surface area contributed by atoms with Crippen LogP contribution < -0.4 is 10.5 Å². The van der Waals surface area contributed by atoms with Crippen LogP contribution in [0.25, 0.3) is 0 Å². The Balaban J connectivity index is 2.81. The standard InChI is InChI=1S/C9H13N3O4S/c10-6-1-7-11-17(15,16)9-4-2-8(3-5-9)12(13)14/h2-5,11H,1,6-7,10H2. The zero-order valence-corrected chi connectivity index (χ0v) is 9.81. The Morgan fingerprint density at radius 3 is 2.35 bits per heavy atom. The van der Waals surface area contributed by atoms with Crippen molar-refractivity contribution in [2.45, 2.75) is 11.3 Å². The van der Waals surface area contributed by atoms with Crippen molar-refractivity contribution in [2.24, 2.45) is 5.73 Å². The number of hydrogen-bond acceptors (Lipinski definition) is 5. The van der Waals surface area contributed by atoms with Gasteiger partial charge in [0.1, 0.15) is 0 Å². The quantitative estimate of drug-likeness (QED) is 0.431. The number of nitrogens with zero attached hydrogens (tertiary/aromatic N) is 1. The van der Waals surface area contributed by atoms with Crippen LogP contribution in [-0.4, -0.2) is 26.4 Å². The van der Waals surface area contributed by atoms with Gasteiger partial charge >= 0.3 is 0 Å². The second kappa shape index (κ2) is 5.71. The lowest BCUT2D eigenvalue weighted by Crippen LogP contribution is -2.26. The molecule has 0 radical (unpaired) electrons. The van der Waals surface area contributed by atoms with Crippen LogP contribution in [0.1, 0.15) is 6.42 Å². The molecule has 0 aliphatic heterocycles. The number of sulfonamides is 1. The molecule has 0 aromatic heterocycles. The summed E-state index contributed by atoms with van der Waals surface area (Å²) < 4.78 is 25.7. The number of non-ortho nitro benzene ring substituents is 1. The molecule has 1 rings (SSSR count). The summed E-state index contributed by atoms with van der Waals surface area (Å²) in [6.45, 7) is 0.638. The molecule has 0 saturated heterocycles. The van der Waals surface area contributed by atoms with Crippen molar-refractivity contribution in [1.29, 1.82) is 0 Å². The smallest absolute Gasteiger partial charge is 0.269 e. The van der Waals surface area contributed by atoms with E-state index in [4.69, 9.17) is 5.73 Å². The van der Waals surface area contributed by atoms with E-state index in [0.29, 0.717) is 13.0 Å². The summed E-state index contributed by atoms with van der Waals surface area (Å²) in [5, 5.41) is 10.4. The van der Waals surface area contributed by atoms with Crippen LogP contribution in [0.5, 0.6) is 0 Å². The molecule has 17 heavy (non-hydrogen) atoms. The number of nitro groups is 1. The zero-order valence-electron chi connectivity index (χ0n) is 9.00. The van der Waals surface area contributed by atoms with Gasteiger partial charge in [0.25, 0.3) is 5.69 Å². The Labute approximate surface area is 98.8 Å². The van der Waals surface area contributed by atoms with Crippen molar-refractivity contribution in [1.82, 2.24) is 4.72 Å². The molecule has 1 aromatic rings. The first-order valence-corrected chi connectivity index (χ1v) is 6.40. The summed E-state index contributed by atoms with van der Waals surface area (Å²) in [6.07, 6.45) is 0.534. The molecular weight excluding hydrogens is 246 g/mol. The van der Waals surface area contributed by atoms with Gasteiger partial charge < -0.3 is 5.73 Å². The molecule has 0 bridgehead atoms. The van der Waals surface area contributed by atoms with Gasteiger partial charge in [-0.1, -0.05) is 0 Å². The summed E-state index contributed by atoms with van der Waals surface area (Å²) in [4.78, 5) is 9.81. The highest BCUT2D eigenvalue weighted by Gasteiger charge is 2.14. The van der Waals surface area contributed by atoms with Gasteiger partial charge in [-0.05, 0) is 25.1 Å². The number of nitrogens with one attached hydrogen (secondary N) is 1. The molecule has 94 valence electrons. The maximum atomic E-state index is 11.7. The predicted octanol–water partition coefficient (Wildman–Crippen LogP) is 0.222. The summed E-state index contributed by atoms with van der Waals surface area (Å²) in [6, 6.07) is 4.70. The van der Waals surface area contributed by atoms with Crippen molar-refractivity contribution in [3.05, 3.63) is 34.4 Å². The molecule has 0 unspecified atom stereocenters. The second-order valence-electron chi connectivity index (χ2n) is 3.29. The minimum Gasteiger partial charge on any atom is -0.330 e. The second-order valence-corrected chi connectivity index (χ2v) is 5.06. The summed E-state index contributed by atoms with van der Waals surface area (Å²) >= 11 is 0. The van der Waals surface area contributed by atoms with Crippen LogP contribution in [0.4, 0.5) is 5.69 Å². The van der Waals surface area contributed by atoms with E-state index in [9.17, 15) is 18.5 Å². The topological polar surface area (TPSA) is 115 Å². The highest BCUT2D eigenvalue weighted by Crippen LogP contribution is 2.15. The third kappa shape index (κ3) is 3.77. The van der Waals surface area contributed by atoms with Gasteiger partial charge in [-0.3, -0.25) is 10.1 Å². The van der Waals surface area contributed by atoms with Crippen LogP contribution in [0.3, 0.4) is 0 Å². The van der Waals surface area contributed by atoms with E-state index in [1.165, 1.54) is 12.1 Å². The van der Waals surface area contributed by atoms with Crippen LogP contribution in [-0.2, 0) is 10.0 Å². The number of benzene rings is 1. The van der Waals surface area contributed by atoms with Crippen LogP contribution in [0.2, 0.25) is 0 Å². The van der Waals surface area contributed by atoms with Gasteiger partial charge in [0.15, 0.2) is 0 Å². The van der Waals surface area contributed by atoms with Crippen LogP contribution >= 0.6 is 0 Å². The van der Waals surface area contributed by atoms with E-state index < -0.39 is 14.9 Å². The Bertz CT molecular complexity index is 483. The first-order valence-electron chi connectivity index (χ1n) is 4.91. The van der Waals surface area contributed by atoms with Crippen molar-refractivity contribution in [3.8, 4) is 0 Å². The lowest BCUT2D eigenvalue weighted by Gasteiger charge is -2.05. The van der Waals surface area contributed by atoms with Crippen molar-refractivity contribution in [2.75, 3.05) is 13.1 Å². The monoisotopic (exact) mass is 259 g/mol.